The number of ether oxygens (including phenoxy) is 1. The molecule has 1 aromatic rings. The van der Waals surface area contributed by atoms with Crippen molar-refractivity contribution in [3.63, 3.8) is 0 Å². The van der Waals surface area contributed by atoms with Gasteiger partial charge in [-0.3, -0.25) is 4.79 Å². The van der Waals surface area contributed by atoms with E-state index in [-0.39, 0.29) is 41.8 Å². The fourth-order valence-corrected chi connectivity index (χ4v) is 5.32. The third kappa shape index (κ3) is 8.08. The first-order valence-corrected chi connectivity index (χ1v) is 13.2. The average molecular weight is 495 g/mol. The summed E-state index contributed by atoms with van der Waals surface area (Å²) in [6.07, 6.45) is 9.32. The van der Waals surface area contributed by atoms with Crippen molar-refractivity contribution < 1.29 is 24.9 Å². The third-order valence-electron chi connectivity index (χ3n) is 7.19. The fourth-order valence-electron chi connectivity index (χ4n) is 4.88. The van der Waals surface area contributed by atoms with Gasteiger partial charge in [-0.25, -0.2) is 0 Å². The van der Waals surface area contributed by atoms with Crippen LogP contribution in [0.2, 0.25) is 0 Å². The van der Waals surface area contributed by atoms with Gasteiger partial charge < -0.3 is 20.1 Å². The van der Waals surface area contributed by atoms with Crippen LogP contribution in [0, 0.1) is 5.92 Å². The molecule has 0 aliphatic heterocycles. The Balaban J connectivity index is 1.97. The second-order valence-corrected chi connectivity index (χ2v) is 10.6. The molecule has 2 rings (SSSR count). The Hall–Kier alpha value is -1.40. The standard InChI is InChI=1S/C28H43ClO5/c1-4-5-11-25(32)28(2,3)21-15-13-20(14-16-21)27-22(23(29)19-24(27)31)10-8-6-7-9-12-26(33)34-18-17-30/h6,8,13-16,22-25,27,30-32H,4-5,7,9-12,17-19H2,1-3H3/b8-6-/t22-,23+,24+,25?,27+/m0/s1. The summed E-state index contributed by atoms with van der Waals surface area (Å²) < 4.78 is 4.86. The van der Waals surface area contributed by atoms with Crippen molar-refractivity contribution in [3.8, 4) is 0 Å². The number of allylic oxidation sites excluding steroid dienone is 2. The number of hydrogen-bond donors (Lipinski definition) is 3. The molecule has 0 radical (unpaired) electrons. The lowest BCUT2D eigenvalue weighted by atomic mass is 9.76. The van der Waals surface area contributed by atoms with Crippen LogP contribution in [0.5, 0.6) is 0 Å². The number of alkyl halides is 1. The van der Waals surface area contributed by atoms with Gasteiger partial charge in [-0.2, -0.15) is 0 Å². The van der Waals surface area contributed by atoms with Crippen LogP contribution < -0.4 is 0 Å². The molecule has 34 heavy (non-hydrogen) atoms. The second kappa shape index (κ2) is 14.2. The molecule has 0 heterocycles. The number of rotatable bonds is 14. The smallest absolute Gasteiger partial charge is 0.305 e. The Bertz CT molecular complexity index is 761. The van der Waals surface area contributed by atoms with Gasteiger partial charge in [0.1, 0.15) is 6.61 Å². The second-order valence-electron chi connectivity index (χ2n) is 10.1. The average Bonchev–Trinajstić information content (AvgIpc) is 3.10. The topological polar surface area (TPSA) is 87.0 Å². The number of hydrogen-bond acceptors (Lipinski definition) is 5. The van der Waals surface area contributed by atoms with E-state index in [2.05, 4.69) is 57.2 Å². The molecule has 1 aliphatic carbocycles. The van der Waals surface area contributed by atoms with Crippen molar-refractivity contribution in [2.75, 3.05) is 13.2 Å². The van der Waals surface area contributed by atoms with Crippen LogP contribution in [0.1, 0.15) is 89.2 Å². The highest BCUT2D eigenvalue weighted by atomic mass is 35.5. The van der Waals surface area contributed by atoms with Gasteiger partial charge in [-0.1, -0.05) is 70.0 Å². The van der Waals surface area contributed by atoms with E-state index in [0.717, 1.165) is 43.2 Å². The Morgan fingerprint density at radius 3 is 2.59 bits per heavy atom. The van der Waals surface area contributed by atoms with E-state index in [1.807, 2.05) is 0 Å². The van der Waals surface area contributed by atoms with Gasteiger partial charge in [-0.15, -0.1) is 11.6 Å². The molecular formula is C28H43ClO5. The van der Waals surface area contributed by atoms with Crippen LogP contribution in [0.3, 0.4) is 0 Å². The van der Waals surface area contributed by atoms with Crippen LogP contribution in [0.25, 0.3) is 0 Å². The zero-order valence-electron chi connectivity index (χ0n) is 21.0. The van der Waals surface area contributed by atoms with Gasteiger partial charge in [-0.05, 0) is 49.1 Å². The van der Waals surface area contributed by atoms with E-state index in [0.29, 0.717) is 19.3 Å². The number of benzene rings is 1. The first kappa shape index (κ1) is 28.8. The quantitative estimate of drug-likeness (QED) is 0.142. The van der Waals surface area contributed by atoms with Crippen LogP contribution >= 0.6 is 11.6 Å². The molecule has 6 heteroatoms. The lowest BCUT2D eigenvalue weighted by molar-refractivity contribution is -0.144. The lowest BCUT2D eigenvalue weighted by Gasteiger charge is -2.32. The van der Waals surface area contributed by atoms with E-state index in [1.54, 1.807) is 0 Å². The highest BCUT2D eigenvalue weighted by Gasteiger charge is 2.41. The van der Waals surface area contributed by atoms with Crippen molar-refractivity contribution in [2.24, 2.45) is 5.92 Å². The molecule has 5 nitrogen and oxygen atoms in total. The maximum Gasteiger partial charge on any atom is 0.305 e. The number of carbonyl (C=O) groups is 1. The van der Waals surface area contributed by atoms with Gasteiger partial charge >= 0.3 is 5.97 Å². The zero-order valence-corrected chi connectivity index (χ0v) is 21.7. The molecule has 1 aromatic carbocycles. The van der Waals surface area contributed by atoms with Gasteiger partial charge in [0.05, 0.1) is 18.8 Å². The maximum absolute atomic E-state index is 11.5. The van der Waals surface area contributed by atoms with Crippen LogP contribution in [0.15, 0.2) is 36.4 Å². The Kier molecular flexibility index (Phi) is 12.1. The van der Waals surface area contributed by atoms with Crippen LogP contribution in [0.4, 0.5) is 0 Å². The predicted octanol–water partition coefficient (Wildman–Crippen LogP) is 5.24. The summed E-state index contributed by atoms with van der Waals surface area (Å²) >= 11 is 6.63. The number of aliphatic hydroxyl groups excluding tert-OH is 3. The number of carbonyl (C=O) groups excluding carboxylic acids is 1. The SMILES string of the molecule is CCCCC(O)C(C)(C)c1ccc([C@@H]2[C@@H](C/C=C\CCCC(=O)OCCO)[C@H](Cl)C[C@H]2O)cc1. The van der Waals surface area contributed by atoms with E-state index >= 15 is 0 Å². The van der Waals surface area contributed by atoms with Crippen LogP contribution in [-0.4, -0.2) is 52.1 Å². The van der Waals surface area contributed by atoms with E-state index in [1.165, 1.54) is 0 Å². The predicted molar refractivity (Wildman–Crippen MR) is 137 cm³/mol. The summed E-state index contributed by atoms with van der Waals surface area (Å²) in [5.74, 6) is -0.175. The Morgan fingerprint density at radius 2 is 1.94 bits per heavy atom. The third-order valence-corrected chi connectivity index (χ3v) is 7.69. The lowest BCUT2D eigenvalue weighted by Crippen LogP contribution is -2.33. The summed E-state index contributed by atoms with van der Waals surface area (Å²) in [5, 5.41) is 30.0. The molecule has 3 N–H and O–H groups in total. The summed E-state index contributed by atoms with van der Waals surface area (Å²) in [6.45, 7) is 6.20. The number of halogens is 1. The van der Waals surface area contributed by atoms with Crippen molar-refractivity contribution in [1.29, 1.82) is 0 Å². The highest BCUT2D eigenvalue weighted by Crippen LogP contribution is 2.45. The van der Waals surface area contributed by atoms with Crippen molar-refractivity contribution in [3.05, 3.63) is 47.5 Å². The van der Waals surface area contributed by atoms with Gasteiger partial charge in [0.15, 0.2) is 0 Å². The highest BCUT2D eigenvalue weighted by molar-refractivity contribution is 6.21. The van der Waals surface area contributed by atoms with E-state index < -0.39 is 12.2 Å². The number of aliphatic hydroxyl groups is 3. The molecule has 5 atom stereocenters. The minimum absolute atomic E-state index is 0.0252. The Labute approximate surface area is 210 Å². The molecule has 1 fully saturated rings. The molecule has 0 aromatic heterocycles. The van der Waals surface area contributed by atoms with Gasteiger partial charge in [0, 0.05) is 23.1 Å². The summed E-state index contributed by atoms with van der Waals surface area (Å²) in [6, 6.07) is 8.34. The van der Waals surface area contributed by atoms with E-state index in [9.17, 15) is 15.0 Å². The molecular weight excluding hydrogens is 452 g/mol. The fraction of sp³-hybridized carbons (Fsp3) is 0.679. The first-order chi connectivity index (χ1) is 16.2. The molecule has 0 amide bonds. The number of unbranched alkanes of at least 4 members (excludes halogenated alkanes) is 2. The Morgan fingerprint density at radius 1 is 1.24 bits per heavy atom. The monoisotopic (exact) mass is 494 g/mol. The normalized spacial score (nSPS) is 24.0. The van der Waals surface area contributed by atoms with Crippen molar-refractivity contribution >= 4 is 17.6 Å². The molecule has 0 spiro atoms. The molecule has 1 unspecified atom stereocenters. The molecule has 0 saturated heterocycles. The van der Waals surface area contributed by atoms with Gasteiger partial charge in [0.25, 0.3) is 0 Å². The minimum Gasteiger partial charge on any atom is -0.463 e. The van der Waals surface area contributed by atoms with Crippen molar-refractivity contribution in [1.82, 2.24) is 0 Å². The van der Waals surface area contributed by atoms with Crippen LogP contribution in [-0.2, 0) is 14.9 Å². The largest absolute Gasteiger partial charge is 0.463 e. The van der Waals surface area contributed by atoms with Gasteiger partial charge in [0.2, 0.25) is 0 Å². The summed E-state index contributed by atoms with van der Waals surface area (Å²) in [5.41, 5.74) is 1.86. The van der Waals surface area contributed by atoms with E-state index in [4.69, 9.17) is 21.4 Å². The molecule has 0 bridgehead atoms. The molecule has 1 saturated carbocycles. The zero-order chi connectivity index (χ0) is 25.1. The summed E-state index contributed by atoms with van der Waals surface area (Å²) in [7, 11) is 0. The molecule has 192 valence electrons. The summed E-state index contributed by atoms with van der Waals surface area (Å²) in [4.78, 5) is 11.5. The first-order valence-electron chi connectivity index (χ1n) is 12.7. The number of esters is 1. The minimum atomic E-state index is -0.476. The van der Waals surface area contributed by atoms with Crippen molar-refractivity contribution in [2.45, 2.75) is 101 Å². The maximum atomic E-state index is 11.5. The molecule has 1 aliphatic rings.